The van der Waals surface area contributed by atoms with E-state index >= 15 is 0 Å². The largest absolute Gasteiger partial charge is 0.368 e. The van der Waals surface area contributed by atoms with Crippen LogP contribution < -0.4 is 11.1 Å². The fourth-order valence-corrected chi connectivity index (χ4v) is 1.89. The number of carbonyl (C=O) groups excluding carboxylic acids is 1. The highest BCUT2D eigenvalue weighted by Crippen LogP contribution is 2.04. The molecule has 0 saturated carbocycles. The van der Waals surface area contributed by atoms with Gasteiger partial charge in [0.05, 0.1) is 6.54 Å². The van der Waals surface area contributed by atoms with Crippen LogP contribution in [0.2, 0.25) is 0 Å². The number of hydrogen-bond acceptors (Lipinski definition) is 2. The number of nitrogens with one attached hydrogen (secondary N) is 1. The Balaban J connectivity index is 2.57. The summed E-state index contributed by atoms with van der Waals surface area (Å²) in [5, 5.41) is 3.49. The Bertz CT molecular complexity index is 448. The average molecular weight is 283 g/mol. The van der Waals surface area contributed by atoms with Gasteiger partial charge in [0, 0.05) is 12.6 Å². The quantitative estimate of drug-likeness (QED) is 0.802. The van der Waals surface area contributed by atoms with Crippen molar-refractivity contribution in [2.45, 2.75) is 26.4 Å². The number of rotatable bonds is 5. The molecular formula is C13H18FN3OS. The molecule has 0 aliphatic rings. The van der Waals surface area contributed by atoms with Crippen LogP contribution >= 0.6 is 12.2 Å². The second kappa shape index (κ2) is 7.04. The van der Waals surface area contributed by atoms with Gasteiger partial charge in [-0.2, -0.15) is 0 Å². The molecule has 1 aromatic rings. The van der Waals surface area contributed by atoms with Crippen LogP contribution in [0.1, 0.15) is 19.4 Å². The molecule has 6 heteroatoms. The molecule has 1 amide bonds. The van der Waals surface area contributed by atoms with E-state index in [4.69, 9.17) is 18.0 Å². The molecule has 3 N–H and O–H groups in total. The van der Waals surface area contributed by atoms with Crippen LogP contribution in [0.5, 0.6) is 0 Å². The highest BCUT2D eigenvalue weighted by atomic mass is 32.1. The maximum atomic E-state index is 12.8. The lowest BCUT2D eigenvalue weighted by Gasteiger charge is -2.28. The van der Waals surface area contributed by atoms with Gasteiger partial charge in [0.25, 0.3) is 0 Å². The highest BCUT2D eigenvalue weighted by molar-refractivity contribution is 7.80. The van der Waals surface area contributed by atoms with E-state index in [1.54, 1.807) is 17.0 Å². The molecule has 0 aliphatic carbocycles. The second-order valence-electron chi connectivity index (χ2n) is 4.47. The molecule has 1 rings (SSSR count). The molecule has 19 heavy (non-hydrogen) atoms. The van der Waals surface area contributed by atoms with E-state index in [-0.39, 0.29) is 18.4 Å². The van der Waals surface area contributed by atoms with Crippen LogP contribution in [-0.4, -0.2) is 28.5 Å². The smallest absolute Gasteiger partial charge is 0.237 e. The van der Waals surface area contributed by atoms with Gasteiger partial charge >= 0.3 is 0 Å². The van der Waals surface area contributed by atoms with Crippen LogP contribution in [0, 0.1) is 5.82 Å². The minimum atomic E-state index is -0.431. The number of halogens is 1. The molecule has 0 spiro atoms. The third-order valence-corrected chi connectivity index (χ3v) is 2.95. The molecule has 1 aromatic carbocycles. The zero-order valence-electron chi connectivity index (χ0n) is 11.0. The number of carbonyl (C=O) groups is 1. The van der Waals surface area contributed by atoms with Crippen molar-refractivity contribution in [3.63, 3.8) is 0 Å². The van der Waals surface area contributed by atoms with Gasteiger partial charge in [0.15, 0.2) is 5.11 Å². The summed E-state index contributed by atoms with van der Waals surface area (Å²) in [6.45, 7) is 4.40. The molecule has 0 fully saturated rings. The van der Waals surface area contributed by atoms with E-state index in [1.165, 1.54) is 12.1 Å². The van der Waals surface area contributed by atoms with E-state index in [0.29, 0.717) is 11.7 Å². The predicted molar refractivity (Wildman–Crippen MR) is 76.9 cm³/mol. The number of hydrogen-bond donors (Lipinski definition) is 2. The second-order valence-corrected chi connectivity index (χ2v) is 4.86. The predicted octanol–water partition coefficient (Wildman–Crippen LogP) is 1.40. The number of amides is 1. The molecule has 0 heterocycles. The topological polar surface area (TPSA) is 58.4 Å². The van der Waals surface area contributed by atoms with Crippen LogP contribution in [0.3, 0.4) is 0 Å². The van der Waals surface area contributed by atoms with Crippen molar-refractivity contribution in [1.29, 1.82) is 0 Å². The van der Waals surface area contributed by atoms with E-state index < -0.39 is 5.91 Å². The summed E-state index contributed by atoms with van der Waals surface area (Å²) in [6.07, 6.45) is 0. The van der Waals surface area contributed by atoms with Crippen molar-refractivity contribution in [3.8, 4) is 0 Å². The zero-order chi connectivity index (χ0) is 14.4. The van der Waals surface area contributed by atoms with Crippen molar-refractivity contribution in [2.24, 2.45) is 5.73 Å². The van der Waals surface area contributed by atoms with Gasteiger partial charge < -0.3 is 16.0 Å². The maximum Gasteiger partial charge on any atom is 0.237 e. The molecule has 0 atom stereocenters. The molecule has 0 radical (unpaired) electrons. The van der Waals surface area contributed by atoms with Gasteiger partial charge in [0.1, 0.15) is 5.82 Å². The minimum absolute atomic E-state index is 0.0701. The monoisotopic (exact) mass is 283 g/mol. The normalized spacial score (nSPS) is 10.3. The van der Waals surface area contributed by atoms with Crippen molar-refractivity contribution in [3.05, 3.63) is 35.6 Å². The molecule has 0 aromatic heterocycles. The van der Waals surface area contributed by atoms with Crippen molar-refractivity contribution < 1.29 is 9.18 Å². The van der Waals surface area contributed by atoms with Crippen LogP contribution in [-0.2, 0) is 11.3 Å². The summed E-state index contributed by atoms with van der Waals surface area (Å²) in [6, 6.07) is 6.21. The summed E-state index contributed by atoms with van der Waals surface area (Å²) >= 11 is 5.23. The van der Waals surface area contributed by atoms with Gasteiger partial charge in [0.2, 0.25) is 5.91 Å². The summed E-state index contributed by atoms with van der Waals surface area (Å²) in [5.41, 5.74) is 6.09. The van der Waals surface area contributed by atoms with Crippen molar-refractivity contribution in [2.75, 3.05) is 6.54 Å². The summed E-state index contributed by atoms with van der Waals surface area (Å²) < 4.78 is 12.8. The lowest BCUT2D eigenvalue weighted by atomic mass is 10.2. The molecule has 0 aliphatic heterocycles. The number of benzene rings is 1. The van der Waals surface area contributed by atoms with E-state index in [9.17, 15) is 9.18 Å². The fourth-order valence-electron chi connectivity index (χ4n) is 1.54. The Hall–Kier alpha value is -1.69. The zero-order valence-corrected chi connectivity index (χ0v) is 11.8. The van der Waals surface area contributed by atoms with Crippen LogP contribution in [0.15, 0.2) is 24.3 Å². The first-order valence-electron chi connectivity index (χ1n) is 5.97. The van der Waals surface area contributed by atoms with Crippen molar-refractivity contribution >= 4 is 23.2 Å². The Morgan fingerprint density at radius 3 is 2.47 bits per heavy atom. The van der Waals surface area contributed by atoms with Gasteiger partial charge in [-0.3, -0.25) is 4.79 Å². The molecule has 0 bridgehead atoms. The Labute approximate surface area is 117 Å². The number of nitrogens with two attached hydrogens (primary N) is 1. The first-order chi connectivity index (χ1) is 8.90. The molecule has 0 unspecified atom stereocenters. The highest BCUT2D eigenvalue weighted by Gasteiger charge is 2.15. The maximum absolute atomic E-state index is 12.8. The first-order valence-corrected chi connectivity index (χ1v) is 6.38. The lowest BCUT2D eigenvalue weighted by molar-refractivity contribution is -0.118. The van der Waals surface area contributed by atoms with Gasteiger partial charge in [-0.15, -0.1) is 0 Å². The van der Waals surface area contributed by atoms with E-state index in [1.807, 2.05) is 13.8 Å². The number of thiocarbonyl (C=S) groups is 1. The Morgan fingerprint density at radius 2 is 2.00 bits per heavy atom. The Kier molecular flexibility index (Phi) is 5.69. The summed E-state index contributed by atoms with van der Waals surface area (Å²) in [4.78, 5) is 12.7. The Morgan fingerprint density at radius 1 is 1.42 bits per heavy atom. The lowest BCUT2D eigenvalue weighted by Crippen LogP contribution is -2.47. The van der Waals surface area contributed by atoms with Crippen LogP contribution in [0.4, 0.5) is 4.39 Å². The van der Waals surface area contributed by atoms with Crippen LogP contribution in [0.25, 0.3) is 0 Å². The van der Waals surface area contributed by atoms with E-state index in [2.05, 4.69) is 5.32 Å². The number of nitrogens with zero attached hydrogens (tertiary/aromatic N) is 1. The minimum Gasteiger partial charge on any atom is -0.368 e. The van der Waals surface area contributed by atoms with Crippen molar-refractivity contribution in [1.82, 2.24) is 10.2 Å². The third-order valence-electron chi connectivity index (χ3n) is 2.57. The first kappa shape index (κ1) is 15.4. The van der Waals surface area contributed by atoms with E-state index in [0.717, 1.165) is 5.56 Å². The molecule has 104 valence electrons. The number of primary amides is 1. The average Bonchev–Trinajstić information content (AvgIpc) is 2.34. The van der Waals surface area contributed by atoms with Gasteiger partial charge in [-0.25, -0.2) is 4.39 Å². The standard InChI is InChI=1S/C13H18FN3OS/c1-9(2)17(8-12(15)18)13(19)16-7-10-3-5-11(14)6-4-10/h3-6,9H,7-8H2,1-2H3,(H2,15,18)(H,16,19). The SMILES string of the molecule is CC(C)N(CC(N)=O)C(=S)NCc1ccc(F)cc1. The summed E-state index contributed by atoms with van der Waals surface area (Å²) in [7, 11) is 0. The molecule has 0 saturated heterocycles. The third kappa shape index (κ3) is 5.21. The fraction of sp³-hybridized carbons (Fsp3) is 0.385. The summed E-state index contributed by atoms with van der Waals surface area (Å²) in [5.74, 6) is -0.705. The molecular weight excluding hydrogens is 265 g/mol. The van der Waals surface area contributed by atoms with Gasteiger partial charge in [-0.05, 0) is 43.8 Å². The van der Waals surface area contributed by atoms with Gasteiger partial charge in [-0.1, -0.05) is 12.1 Å². The molecule has 4 nitrogen and oxygen atoms in total.